The maximum absolute atomic E-state index is 8.76. The predicted octanol–water partition coefficient (Wildman–Crippen LogP) is 14.8. The zero-order valence-electron chi connectivity index (χ0n) is 35.3. The fourth-order valence-corrected chi connectivity index (χ4v) is 30.8. The van der Waals surface area contributed by atoms with Gasteiger partial charge in [-0.3, -0.25) is 0 Å². The molecule has 281 valence electrons. The SMILES string of the molecule is CCC1=Cc2c(-c3ccc([Si](C)(C)C)cc3)c(C)c(C)c(C)c2[CH]1[Zr]([Cl])([Cl])([CH2]C)[CH]1C(CC)=Cc2c(-c3ccc([Si](C)(C)C)cc3)c(C)c(C)c(C)c21. The fraction of sp³-hybridized carbons (Fsp3) is 0.417. The second-order valence-corrected chi connectivity index (χ2v) is 51.6. The molecule has 0 N–H and O–H groups in total. The zero-order valence-corrected chi connectivity index (χ0v) is 41.3. The van der Waals surface area contributed by atoms with Crippen LogP contribution in [0.2, 0.25) is 43.4 Å². The number of hydrogen-bond acceptors (Lipinski definition) is 0. The van der Waals surface area contributed by atoms with E-state index < -0.39 is 32.5 Å². The Morgan fingerprint density at radius 1 is 0.491 bits per heavy atom. The van der Waals surface area contributed by atoms with E-state index in [1.165, 1.54) is 99.4 Å². The summed E-state index contributed by atoms with van der Waals surface area (Å²) in [6, 6.07) is 19.1. The molecule has 0 nitrogen and oxygen atoms in total. The van der Waals surface area contributed by atoms with Crippen LogP contribution in [0.5, 0.6) is 0 Å². The summed E-state index contributed by atoms with van der Waals surface area (Å²) in [4.78, 5) is 0. The summed E-state index contributed by atoms with van der Waals surface area (Å²) in [6.07, 6.45) is 6.94. The first-order chi connectivity index (χ1) is 24.6. The molecule has 5 heteroatoms. The zero-order chi connectivity index (χ0) is 39.2. The average molecular weight is 858 g/mol. The van der Waals surface area contributed by atoms with E-state index in [2.05, 4.69) is 162 Å². The van der Waals surface area contributed by atoms with Crippen molar-refractivity contribution in [2.24, 2.45) is 0 Å². The van der Waals surface area contributed by atoms with Gasteiger partial charge in [-0.05, 0) is 0 Å². The quantitative estimate of drug-likeness (QED) is 0.147. The first kappa shape index (κ1) is 40.9. The summed E-state index contributed by atoms with van der Waals surface area (Å²) >= 11 is -4.99. The van der Waals surface area contributed by atoms with Gasteiger partial charge >= 0.3 is 335 Å². The van der Waals surface area contributed by atoms with Crippen LogP contribution in [-0.4, -0.2) is 16.1 Å². The van der Waals surface area contributed by atoms with Crippen LogP contribution in [-0.2, 0) is 16.4 Å². The Bertz CT molecular complexity index is 2040. The summed E-state index contributed by atoms with van der Waals surface area (Å²) in [5.74, 6) is 0. The molecular formula is C48H63Cl2Si2Zr. The third-order valence-corrected chi connectivity index (χ3v) is 38.5. The molecule has 0 aliphatic heterocycles. The van der Waals surface area contributed by atoms with E-state index in [1.54, 1.807) is 0 Å². The van der Waals surface area contributed by atoms with Crippen LogP contribution in [0, 0.1) is 41.5 Å². The molecule has 2 aliphatic rings. The number of fused-ring (bicyclic) bond motifs is 2. The molecule has 4 aromatic rings. The van der Waals surface area contributed by atoms with Gasteiger partial charge in [-0.2, -0.15) is 0 Å². The van der Waals surface area contributed by atoms with Crippen LogP contribution in [0.15, 0.2) is 59.7 Å². The molecule has 0 bridgehead atoms. The second kappa shape index (κ2) is 14.0. The van der Waals surface area contributed by atoms with E-state index >= 15 is 0 Å². The number of hydrogen-bond donors (Lipinski definition) is 0. The summed E-state index contributed by atoms with van der Waals surface area (Å²) in [7, 11) is 14.7. The third kappa shape index (κ3) is 6.49. The van der Waals surface area contributed by atoms with Crippen LogP contribution >= 0.6 is 17.0 Å². The topological polar surface area (TPSA) is 0 Å². The van der Waals surface area contributed by atoms with Gasteiger partial charge in [-0.25, -0.2) is 0 Å². The molecule has 2 unspecified atom stereocenters. The predicted molar refractivity (Wildman–Crippen MR) is 242 cm³/mol. The Labute approximate surface area is 332 Å². The van der Waals surface area contributed by atoms with Crippen molar-refractivity contribution in [3.8, 4) is 22.3 Å². The van der Waals surface area contributed by atoms with E-state index in [4.69, 9.17) is 17.0 Å². The summed E-state index contributed by atoms with van der Waals surface area (Å²) < 4.78 is 0.929. The Hall–Kier alpha value is -1.74. The van der Waals surface area contributed by atoms with E-state index in [0.29, 0.717) is 0 Å². The molecule has 0 spiro atoms. The van der Waals surface area contributed by atoms with Gasteiger partial charge in [0.1, 0.15) is 0 Å². The Morgan fingerprint density at radius 2 is 0.811 bits per heavy atom. The monoisotopic (exact) mass is 855 g/mol. The van der Waals surface area contributed by atoms with Crippen molar-refractivity contribution < 1.29 is 16.4 Å². The van der Waals surface area contributed by atoms with Crippen molar-refractivity contribution in [1.82, 2.24) is 0 Å². The number of halogens is 2. The minimum absolute atomic E-state index is 0.0514. The van der Waals surface area contributed by atoms with Crippen LogP contribution in [0.4, 0.5) is 0 Å². The van der Waals surface area contributed by atoms with Gasteiger partial charge in [-0.15, -0.1) is 0 Å². The van der Waals surface area contributed by atoms with Crippen molar-refractivity contribution in [3.05, 3.63) is 115 Å². The van der Waals surface area contributed by atoms with Crippen molar-refractivity contribution in [3.63, 3.8) is 0 Å². The van der Waals surface area contributed by atoms with Crippen LogP contribution < -0.4 is 10.4 Å². The maximum atomic E-state index is 8.76. The van der Waals surface area contributed by atoms with E-state index in [1.807, 2.05) is 0 Å². The van der Waals surface area contributed by atoms with Gasteiger partial charge in [0, 0.05) is 0 Å². The summed E-state index contributed by atoms with van der Waals surface area (Å²) in [5, 5.41) is 2.99. The van der Waals surface area contributed by atoms with Gasteiger partial charge in [0.2, 0.25) is 0 Å². The van der Waals surface area contributed by atoms with Crippen molar-refractivity contribution in [2.45, 2.75) is 126 Å². The molecule has 0 saturated carbocycles. The van der Waals surface area contributed by atoms with Gasteiger partial charge < -0.3 is 0 Å². The molecule has 0 radical (unpaired) electrons. The minimum atomic E-state index is -4.99. The molecule has 53 heavy (non-hydrogen) atoms. The molecular weight excluding hydrogens is 795 g/mol. The van der Waals surface area contributed by atoms with Gasteiger partial charge in [-0.1, -0.05) is 0 Å². The summed E-state index contributed by atoms with van der Waals surface area (Å²) in [5.41, 5.74) is 22.0. The fourth-order valence-electron chi connectivity index (χ4n) is 9.92. The van der Waals surface area contributed by atoms with Crippen LogP contribution in [0.1, 0.15) is 96.5 Å². The van der Waals surface area contributed by atoms with Gasteiger partial charge in [0.05, 0.1) is 0 Å². The van der Waals surface area contributed by atoms with E-state index in [9.17, 15) is 0 Å². The molecule has 6 rings (SSSR count). The van der Waals surface area contributed by atoms with Crippen LogP contribution in [0.25, 0.3) is 34.4 Å². The van der Waals surface area contributed by atoms with Crippen molar-refractivity contribution >= 4 is 55.7 Å². The van der Waals surface area contributed by atoms with Crippen molar-refractivity contribution in [2.75, 3.05) is 0 Å². The average Bonchev–Trinajstić information content (AvgIpc) is 3.71. The van der Waals surface area contributed by atoms with Gasteiger partial charge in [0.25, 0.3) is 0 Å². The standard InChI is InChI=1S/2C23H29Si.C2H5.2ClH.Zr/c2*1-8-18-13-21-16(3)15(2)17(4)23(22(21)14-18)19-9-11-20(12-10-19)24(5,6)7;1-2;;;/h2*9-14H,8H2,1-7H3;1H2,2H3;2*1H;/q;;;;;+2/p-2. The molecule has 0 aromatic heterocycles. The van der Waals surface area contributed by atoms with E-state index in [0.717, 1.165) is 17.0 Å². The Morgan fingerprint density at radius 3 is 1.08 bits per heavy atom. The van der Waals surface area contributed by atoms with Crippen LogP contribution in [0.3, 0.4) is 0 Å². The molecule has 0 amide bonds. The number of rotatable bonds is 9. The summed E-state index contributed by atoms with van der Waals surface area (Å²) in [6.45, 7) is 35.5. The first-order valence-electron chi connectivity index (χ1n) is 20.1. The number of allylic oxidation sites excluding steroid dienone is 2. The normalized spacial score (nSPS) is 18.0. The molecule has 4 aromatic carbocycles. The third-order valence-electron chi connectivity index (χ3n) is 13.7. The molecule has 0 heterocycles. The molecule has 2 atom stereocenters. The van der Waals surface area contributed by atoms with Gasteiger partial charge in [0.15, 0.2) is 0 Å². The number of benzene rings is 4. The van der Waals surface area contributed by atoms with E-state index in [-0.39, 0.29) is 7.25 Å². The second-order valence-electron chi connectivity index (χ2n) is 18.5. The first-order valence-corrected chi connectivity index (χ1v) is 38.0. The molecule has 0 fully saturated rings. The Kier molecular flexibility index (Phi) is 10.8. The molecule has 0 saturated heterocycles. The van der Waals surface area contributed by atoms with Crippen molar-refractivity contribution in [1.29, 1.82) is 0 Å². The molecule has 2 aliphatic carbocycles. The Balaban J connectivity index is 1.63.